The highest BCUT2D eigenvalue weighted by molar-refractivity contribution is 6.07. The lowest BCUT2D eigenvalue weighted by molar-refractivity contribution is 0.0337. The number of hydrogen-bond donors (Lipinski definition) is 0. The standard InChI is InChI=1S/C29H22N4O4/c1-36-20-13-10-18(11-14-20)16-19-12-15-23-26(21-6-2-4-8-24(21)30-27(19)23)29(35)37-17-33-28(34)22-7-3-5-9-25(22)31-32-33/h2-11,13-14,16H,12,15,17H2,1H3. The second-order valence-electron chi connectivity index (χ2n) is 8.75. The van der Waals surface area contributed by atoms with Crippen LogP contribution in [0.3, 0.4) is 0 Å². The lowest BCUT2D eigenvalue weighted by atomic mass is 10.0. The molecule has 2 aromatic heterocycles. The fourth-order valence-corrected chi connectivity index (χ4v) is 4.71. The van der Waals surface area contributed by atoms with Gasteiger partial charge in [0.05, 0.1) is 29.3 Å². The molecule has 0 amide bonds. The molecule has 8 nitrogen and oxygen atoms in total. The molecule has 37 heavy (non-hydrogen) atoms. The Morgan fingerprint density at radius 1 is 0.946 bits per heavy atom. The number of ether oxygens (including phenoxy) is 2. The van der Waals surface area contributed by atoms with Gasteiger partial charge in [0.25, 0.3) is 5.56 Å². The third-order valence-corrected chi connectivity index (χ3v) is 6.55. The molecule has 0 unspecified atom stereocenters. The van der Waals surface area contributed by atoms with Crippen molar-refractivity contribution < 1.29 is 14.3 Å². The van der Waals surface area contributed by atoms with E-state index in [1.165, 1.54) is 0 Å². The van der Waals surface area contributed by atoms with E-state index in [2.05, 4.69) is 16.4 Å². The van der Waals surface area contributed by atoms with Crippen molar-refractivity contribution in [1.29, 1.82) is 0 Å². The minimum atomic E-state index is -0.526. The summed E-state index contributed by atoms with van der Waals surface area (Å²) < 4.78 is 11.9. The maximum atomic E-state index is 13.5. The van der Waals surface area contributed by atoms with E-state index in [0.717, 1.165) is 39.2 Å². The molecule has 8 heteroatoms. The molecule has 0 saturated heterocycles. The zero-order chi connectivity index (χ0) is 25.4. The summed E-state index contributed by atoms with van der Waals surface area (Å²) in [6.07, 6.45) is 3.50. The molecule has 0 aliphatic heterocycles. The van der Waals surface area contributed by atoms with E-state index in [9.17, 15) is 9.59 Å². The highest BCUT2D eigenvalue weighted by atomic mass is 16.5. The van der Waals surface area contributed by atoms with Crippen LogP contribution in [0.5, 0.6) is 5.75 Å². The molecule has 0 spiro atoms. The van der Waals surface area contributed by atoms with Gasteiger partial charge in [-0.2, -0.15) is 4.68 Å². The Morgan fingerprint density at radius 2 is 1.68 bits per heavy atom. The Bertz CT molecular complexity index is 1760. The lowest BCUT2D eigenvalue weighted by Gasteiger charge is -2.13. The number of carbonyl (C=O) groups is 1. The Morgan fingerprint density at radius 3 is 2.46 bits per heavy atom. The zero-order valence-electron chi connectivity index (χ0n) is 20.0. The van der Waals surface area contributed by atoms with E-state index in [1.807, 2.05) is 48.5 Å². The van der Waals surface area contributed by atoms with Crippen LogP contribution in [0.1, 0.15) is 33.6 Å². The van der Waals surface area contributed by atoms with Gasteiger partial charge in [0.15, 0.2) is 6.73 Å². The van der Waals surface area contributed by atoms with Crippen molar-refractivity contribution in [2.75, 3.05) is 7.11 Å². The average molecular weight is 491 g/mol. The summed E-state index contributed by atoms with van der Waals surface area (Å²) in [4.78, 5) is 31.1. The maximum Gasteiger partial charge on any atom is 0.340 e. The van der Waals surface area contributed by atoms with Gasteiger partial charge in [-0.15, -0.1) is 5.10 Å². The third-order valence-electron chi connectivity index (χ3n) is 6.55. The van der Waals surface area contributed by atoms with E-state index in [0.29, 0.717) is 33.8 Å². The fraction of sp³-hybridized carbons (Fsp3) is 0.138. The van der Waals surface area contributed by atoms with Crippen LogP contribution >= 0.6 is 0 Å². The minimum Gasteiger partial charge on any atom is -0.497 e. The van der Waals surface area contributed by atoms with Crippen LogP contribution < -0.4 is 10.3 Å². The first-order chi connectivity index (χ1) is 18.1. The average Bonchev–Trinajstić information content (AvgIpc) is 3.33. The number of pyridine rings is 1. The molecule has 1 aliphatic carbocycles. The predicted molar refractivity (Wildman–Crippen MR) is 140 cm³/mol. The van der Waals surface area contributed by atoms with Crippen molar-refractivity contribution in [3.63, 3.8) is 0 Å². The van der Waals surface area contributed by atoms with E-state index in [-0.39, 0.29) is 12.3 Å². The monoisotopic (exact) mass is 490 g/mol. The molecule has 0 N–H and O–H groups in total. The van der Waals surface area contributed by atoms with E-state index in [4.69, 9.17) is 14.5 Å². The lowest BCUT2D eigenvalue weighted by Crippen LogP contribution is -2.26. The van der Waals surface area contributed by atoms with Gasteiger partial charge in [0, 0.05) is 5.39 Å². The molecule has 0 fully saturated rings. The Hall–Kier alpha value is -4.85. The molecule has 0 atom stereocenters. The molecule has 0 bridgehead atoms. The number of benzene rings is 3. The normalized spacial score (nSPS) is 13.7. The summed E-state index contributed by atoms with van der Waals surface area (Å²) in [7, 11) is 1.64. The van der Waals surface area contributed by atoms with Gasteiger partial charge in [0.2, 0.25) is 0 Å². The van der Waals surface area contributed by atoms with Gasteiger partial charge in [-0.3, -0.25) is 4.79 Å². The number of para-hydroxylation sites is 1. The van der Waals surface area contributed by atoms with Crippen LogP contribution in [-0.4, -0.2) is 33.1 Å². The first kappa shape index (κ1) is 22.6. The molecule has 6 rings (SSSR count). The number of aromatic nitrogens is 4. The minimum absolute atomic E-state index is 0.338. The molecule has 0 radical (unpaired) electrons. The summed E-state index contributed by atoms with van der Waals surface area (Å²) in [6, 6.07) is 22.2. The number of allylic oxidation sites excluding steroid dienone is 1. The van der Waals surface area contributed by atoms with Crippen LogP contribution in [0.15, 0.2) is 77.6 Å². The highest BCUT2D eigenvalue weighted by Gasteiger charge is 2.27. The fourth-order valence-electron chi connectivity index (χ4n) is 4.71. The smallest absolute Gasteiger partial charge is 0.340 e. The summed E-state index contributed by atoms with van der Waals surface area (Å²) in [5, 5.41) is 9.11. The molecule has 1 aliphatic rings. The molecule has 0 saturated carbocycles. The number of fused-ring (bicyclic) bond motifs is 3. The Balaban J connectivity index is 1.36. The van der Waals surface area contributed by atoms with Gasteiger partial charge in [-0.05, 0) is 65.9 Å². The molecule has 5 aromatic rings. The molecule has 3 aromatic carbocycles. The molecule has 2 heterocycles. The number of methoxy groups -OCH3 is 1. The zero-order valence-corrected chi connectivity index (χ0v) is 20.0. The quantitative estimate of drug-likeness (QED) is 0.331. The highest BCUT2D eigenvalue weighted by Crippen LogP contribution is 2.38. The second-order valence-corrected chi connectivity index (χ2v) is 8.75. The summed E-state index contributed by atoms with van der Waals surface area (Å²) in [6.45, 7) is -0.338. The molecular formula is C29H22N4O4. The predicted octanol–water partition coefficient (Wildman–Crippen LogP) is 4.65. The van der Waals surface area contributed by atoms with Crippen LogP contribution in [-0.2, 0) is 17.9 Å². The Labute approximate surface area is 211 Å². The van der Waals surface area contributed by atoms with Gasteiger partial charge in [-0.1, -0.05) is 47.7 Å². The van der Waals surface area contributed by atoms with Crippen molar-refractivity contribution in [3.8, 4) is 5.75 Å². The van der Waals surface area contributed by atoms with Gasteiger partial charge >= 0.3 is 5.97 Å². The van der Waals surface area contributed by atoms with Crippen molar-refractivity contribution in [3.05, 3.63) is 106 Å². The SMILES string of the molecule is COc1ccc(C=C2CCc3c2nc2ccccc2c3C(=O)OCn2nnc3ccccc3c2=O)cc1. The van der Waals surface area contributed by atoms with Gasteiger partial charge in [-0.25, -0.2) is 9.78 Å². The van der Waals surface area contributed by atoms with Crippen molar-refractivity contribution >= 4 is 39.4 Å². The number of esters is 1. The molecular weight excluding hydrogens is 468 g/mol. The summed E-state index contributed by atoms with van der Waals surface area (Å²) >= 11 is 0. The molecule has 182 valence electrons. The topological polar surface area (TPSA) is 96.2 Å². The van der Waals surface area contributed by atoms with E-state index >= 15 is 0 Å². The van der Waals surface area contributed by atoms with Crippen molar-refractivity contribution in [1.82, 2.24) is 20.0 Å². The van der Waals surface area contributed by atoms with E-state index in [1.54, 1.807) is 31.4 Å². The second kappa shape index (κ2) is 9.31. The first-order valence-corrected chi connectivity index (χ1v) is 11.9. The van der Waals surface area contributed by atoms with E-state index < -0.39 is 5.97 Å². The van der Waals surface area contributed by atoms with Crippen LogP contribution in [0.4, 0.5) is 0 Å². The number of nitrogens with zero attached hydrogens (tertiary/aromatic N) is 4. The third kappa shape index (κ3) is 4.12. The maximum absolute atomic E-state index is 13.5. The van der Waals surface area contributed by atoms with Gasteiger partial charge < -0.3 is 9.47 Å². The van der Waals surface area contributed by atoms with Crippen molar-refractivity contribution in [2.24, 2.45) is 0 Å². The van der Waals surface area contributed by atoms with Crippen LogP contribution in [0, 0.1) is 0 Å². The number of hydrogen-bond acceptors (Lipinski definition) is 7. The number of carbonyl (C=O) groups excluding carboxylic acids is 1. The van der Waals surface area contributed by atoms with Gasteiger partial charge in [0.1, 0.15) is 11.3 Å². The van der Waals surface area contributed by atoms with Crippen LogP contribution in [0.2, 0.25) is 0 Å². The summed E-state index contributed by atoms with van der Waals surface area (Å²) in [5.74, 6) is 0.265. The van der Waals surface area contributed by atoms with Crippen LogP contribution in [0.25, 0.3) is 33.5 Å². The Kier molecular flexibility index (Phi) is 5.69. The number of rotatable bonds is 5. The first-order valence-electron chi connectivity index (χ1n) is 11.9. The van der Waals surface area contributed by atoms with Crippen molar-refractivity contribution in [2.45, 2.75) is 19.6 Å². The largest absolute Gasteiger partial charge is 0.497 e. The summed E-state index contributed by atoms with van der Waals surface area (Å²) in [5.41, 5.74) is 5.02.